The largest absolute Gasteiger partial charge is 0.426 e. The Balaban J connectivity index is 2.19. The van der Waals surface area contributed by atoms with Gasteiger partial charge in [-0.25, -0.2) is 0 Å². The minimum Gasteiger partial charge on any atom is -0.426 e. The lowest BCUT2D eigenvalue weighted by molar-refractivity contribution is -0.135. The number of benzene rings is 2. The van der Waals surface area contributed by atoms with Gasteiger partial charge in [-0.1, -0.05) is 45.8 Å². The summed E-state index contributed by atoms with van der Waals surface area (Å²) in [5.41, 5.74) is 5.75. The summed E-state index contributed by atoms with van der Waals surface area (Å²) in [6.07, 6.45) is 0.395. The van der Waals surface area contributed by atoms with Crippen molar-refractivity contribution in [3.05, 3.63) is 62.6 Å². The lowest BCUT2D eigenvalue weighted by Gasteiger charge is -2.28. The average molecular weight is 345 g/mol. The second-order valence-corrected chi connectivity index (χ2v) is 6.48. The number of aryl methyl sites for hydroxylation is 2. The van der Waals surface area contributed by atoms with Crippen molar-refractivity contribution in [3.8, 4) is 5.75 Å². The van der Waals surface area contributed by atoms with Crippen LogP contribution in [0, 0.1) is 20.8 Å². The van der Waals surface area contributed by atoms with Crippen LogP contribution >= 0.6 is 15.9 Å². The molecule has 1 heterocycles. The van der Waals surface area contributed by atoms with E-state index in [4.69, 9.17) is 4.74 Å². The lowest BCUT2D eigenvalue weighted by Crippen LogP contribution is -2.22. The first-order valence-electron chi connectivity index (χ1n) is 7.04. The highest BCUT2D eigenvalue weighted by Gasteiger charge is 2.31. The first-order valence-corrected chi connectivity index (χ1v) is 7.83. The van der Waals surface area contributed by atoms with Crippen LogP contribution in [-0.4, -0.2) is 5.97 Å². The van der Waals surface area contributed by atoms with Gasteiger partial charge in [0.1, 0.15) is 5.75 Å². The minimum atomic E-state index is -0.158. The van der Waals surface area contributed by atoms with Gasteiger partial charge in [0, 0.05) is 16.0 Å². The van der Waals surface area contributed by atoms with Crippen molar-refractivity contribution >= 4 is 21.9 Å². The Bertz CT molecular complexity index is 717. The number of ether oxygens (including phenoxy) is 1. The molecule has 0 amide bonds. The Morgan fingerprint density at radius 2 is 1.81 bits per heavy atom. The van der Waals surface area contributed by atoms with Crippen molar-refractivity contribution in [2.45, 2.75) is 33.1 Å². The Labute approximate surface area is 133 Å². The molecule has 2 nitrogen and oxygen atoms in total. The molecule has 2 aromatic rings. The summed E-state index contributed by atoms with van der Waals surface area (Å²) in [7, 11) is 0. The second kappa shape index (κ2) is 5.30. The number of hydrogen-bond acceptors (Lipinski definition) is 2. The fourth-order valence-corrected chi connectivity index (χ4v) is 3.30. The standard InChI is InChI=1S/C18H17BrO2/c1-10-4-6-13(7-5-10)14-9-16(20)21-15-8-11(2)18(19)12(3)17(14)15/h4-8,14H,9H2,1-3H3/t14-/m0/s1. The zero-order valence-corrected chi connectivity index (χ0v) is 14.0. The fraction of sp³-hybridized carbons (Fsp3) is 0.278. The molecule has 1 aliphatic rings. The quantitative estimate of drug-likeness (QED) is 0.547. The van der Waals surface area contributed by atoms with Gasteiger partial charge in [0.05, 0.1) is 6.42 Å². The number of halogens is 1. The monoisotopic (exact) mass is 344 g/mol. The van der Waals surface area contributed by atoms with E-state index in [1.54, 1.807) is 0 Å². The van der Waals surface area contributed by atoms with Gasteiger partial charge in [0.15, 0.2) is 0 Å². The molecule has 0 saturated carbocycles. The summed E-state index contributed by atoms with van der Waals surface area (Å²) in [6.45, 7) is 6.16. The number of esters is 1. The van der Waals surface area contributed by atoms with Crippen molar-refractivity contribution in [2.24, 2.45) is 0 Å². The summed E-state index contributed by atoms with van der Waals surface area (Å²) in [5.74, 6) is 0.614. The maximum atomic E-state index is 12.0. The van der Waals surface area contributed by atoms with Crippen molar-refractivity contribution < 1.29 is 9.53 Å². The summed E-state index contributed by atoms with van der Waals surface area (Å²) in [5, 5.41) is 0. The van der Waals surface area contributed by atoms with Gasteiger partial charge in [0.25, 0.3) is 0 Å². The van der Waals surface area contributed by atoms with Crippen molar-refractivity contribution in [1.82, 2.24) is 0 Å². The van der Waals surface area contributed by atoms with Crippen molar-refractivity contribution in [3.63, 3.8) is 0 Å². The van der Waals surface area contributed by atoms with Crippen LogP contribution in [0.3, 0.4) is 0 Å². The van der Waals surface area contributed by atoms with Crippen LogP contribution in [0.1, 0.15) is 40.2 Å². The van der Waals surface area contributed by atoms with E-state index in [0.29, 0.717) is 12.2 Å². The summed E-state index contributed by atoms with van der Waals surface area (Å²) in [4.78, 5) is 12.0. The third-order valence-electron chi connectivity index (χ3n) is 4.12. The molecule has 0 unspecified atom stereocenters. The summed E-state index contributed by atoms with van der Waals surface area (Å²) >= 11 is 3.64. The summed E-state index contributed by atoms with van der Waals surface area (Å²) < 4.78 is 6.56. The molecule has 0 bridgehead atoms. The summed E-state index contributed by atoms with van der Waals surface area (Å²) in [6, 6.07) is 10.3. The number of rotatable bonds is 1. The molecule has 0 fully saturated rings. The molecule has 21 heavy (non-hydrogen) atoms. The van der Waals surface area contributed by atoms with E-state index in [-0.39, 0.29) is 11.9 Å². The molecule has 0 saturated heterocycles. The molecule has 0 aliphatic carbocycles. The number of hydrogen-bond donors (Lipinski definition) is 0. The molecule has 0 radical (unpaired) electrons. The Kier molecular flexibility index (Phi) is 3.62. The normalized spacial score (nSPS) is 17.3. The van der Waals surface area contributed by atoms with Crippen LogP contribution in [0.4, 0.5) is 0 Å². The average Bonchev–Trinajstić information content (AvgIpc) is 2.44. The molecule has 3 rings (SSSR count). The number of fused-ring (bicyclic) bond motifs is 1. The van der Waals surface area contributed by atoms with Crippen LogP contribution < -0.4 is 4.74 Å². The Morgan fingerprint density at radius 1 is 1.14 bits per heavy atom. The highest BCUT2D eigenvalue weighted by atomic mass is 79.9. The van der Waals surface area contributed by atoms with Gasteiger partial charge in [-0.15, -0.1) is 0 Å². The van der Waals surface area contributed by atoms with Gasteiger partial charge in [0.2, 0.25) is 0 Å². The molecule has 0 spiro atoms. The zero-order chi connectivity index (χ0) is 15.1. The highest BCUT2D eigenvalue weighted by Crippen LogP contribution is 2.44. The molecule has 0 aromatic heterocycles. The van der Waals surface area contributed by atoms with Crippen molar-refractivity contribution in [2.75, 3.05) is 0 Å². The minimum absolute atomic E-state index is 0.0683. The Hall–Kier alpha value is -1.61. The molecule has 1 atom stereocenters. The van der Waals surface area contributed by atoms with Gasteiger partial charge in [-0.05, 0) is 43.5 Å². The van der Waals surface area contributed by atoms with Crippen LogP contribution in [-0.2, 0) is 4.79 Å². The SMILES string of the molecule is Cc1ccc([C@@H]2CC(=O)Oc3cc(C)c(Br)c(C)c32)cc1. The third kappa shape index (κ3) is 2.51. The second-order valence-electron chi connectivity index (χ2n) is 5.69. The molecule has 0 N–H and O–H groups in total. The maximum Gasteiger partial charge on any atom is 0.312 e. The molecule has 1 aliphatic heterocycles. The van der Waals surface area contributed by atoms with Crippen LogP contribution in [0.2, 0.25) is 0 Å². The Morgan fingerprint density at radius 3 is 2.48 bits per heavy atom. The zero-order valence-electron chi connectivity index (χ0n) is 12.4. The molecular weight excluding hydrogens is 328 g/mol. The smallest absolute Gasteiger partial charge is 0.312 e. The van der Waals surface area contributed by atoms with E-state index in [9.17, 15) is 4.79 Å². The van der Waals surface area contributed by atoms with E-state index in [1.165, 1.54) is 5.56 Å². The predicted molar refractivity (Wildman–Crippen MR) is 86.9 cm³/mol. The van der Waals surface area contributed by atoms with Gasteiger partial charge < -0.3 is 4.74 Å². The lowest BCUT2D eigenvalue weighted by atomic mass is 9.83. The molecule has 3 heteroatoms. The third-order valence-corrected chi connectivity index (χ3v) is 5.34. The van der Waals surface area contributed by atoms with Crippen LogP contribution in [0.25, 0.3) is 0 Å². The molecule has 108 valence electrons. The van der Waals surface area contributed by atoms with Gasteiger partial charge in [-0.3, -0.25) is 4.79 Å². The predicted octanol–water partition coefficient (Wildman–Crippen LogP) is 4.82. The van der Waals surface area contributed by atoms with E-state index in [1.807, 2.05) is 13.0 Å². The van der Waals surface area contributed by atoms with E-state index < -0.39 is 0 Å². The molecule has 2 aromatic carbocycles. The topological polar surface area (TPSA) is 26.3 Å². The van der Waals surface area contributed by atoms with E-state index in [2.05, 4.69) is 54.0 Å². The van der Waals surface area contributed by atoms with Gasteiger partial charge in [-0.2, -0.15) is 0 Å². The maximum absolute atomic E-state index is 12.0. The fourth-order valence-electron chi connectivity index (χ4n) is 2.97. The first-order chi connectivity index (χ1) is 9.97. The van der Waals surface area contributed by atoms with Crippen molar-refractivity contribution in [1.29, 1.82) is 0 Å². The number of carbonyl (C=O) groups is 1. The van der Waals surface area contributed by atoms with E-state index in [0.717, 1.165) is 26.7 Å². The van der Waals surface area contributed by atoms with E-state index >= 15 is 0 Å². The highest BCUT2D eigenvalue weighted by molar-refractivity contribution is 9.10. The van der Waals surface area contributed by atoms with Crippen LogP contribution in [0.5, 0.6) is 5.75 Å². The molecular formula is C18H17BrO2. The number of carbonyl (C=O) groups excluding carboxylic acids is 1. The van der Waals surface area contributed by atoms with Crippen LogP contribution in [0.15, 0.2) is 34.8 Å². The van der Waals surface area contributed by atoms with Gasteiger partial charge >= 0.3 is 5.97 Å². The first kappa shape index (κ1) is 14.3.